The molecule has 4 heteroatoms. The predicted octanol–water partition coefficient (Wildman–Crippen LogP) is 3.75. The molecule has 1 amide bonds. The van der Waals surface area contributed by atoms with Gasteiger partial charge in [-0.2, -0.15) is 0 Å². The Bertz CT molecular complexity index is 706. The monoisotopic (exact) mass is 323 g/mol. The van der Waals surface area contributed by atoms with E-state index in [-0.39, 0.29) is 5.91 Å². The Morgan fingerprint density at radius 2 is 1.75 bits per heavy atom. The van der Waals surface area contributed by atoms with Crippen molar-refractivity contribution in [1.29, 1.82) is 0 Å². The number of anilines is 2. The van der Waals surface area contributed by atoms with Crippen molar-refractivity contribution in [3.8, 4) is 0 Å². The van der Waals surface area contributed by atoms with Crippen molar-refractivity contribution in [1.82, 2.24) is 4.90 Å². The zero-order chi connectivity index (χ0) is 16.9. The molecule has 2 N–H and O–H groups in total. The zero-order valence-electron chi connectivity index (χ0n) is 14.4. The highest BCUT2D eigenvalue weighted by molar-refractivity contribution is 6.06. The summed E-state index contributed by atoms with van der Waals surface area (Å²) in [5.74, 6) is -0.0728. The minimum atomic E-state index is -0.0728. The molecular formula is C20H25N3O. The number of piperidine rings is 1. The lowest BCUT2D eigenvalue weighted by Crippen LogP contribution is -2.36. The predicted molar refractivity (Wildman–Crippen MR) is 99.7 cm³/mol. The Hall–Kier alpha value is -2.33. The fourth-order valence-electron chi connectivity index (χ4n) is 3.07. The molecule has 1 heterocycles. The Kier molecular flexibility index (Phi) is 5.16. The van der Waals surface area contributed by atoms with Crippen molar-refractivity contribution in [3.63, 3.8) is 0 Å². The number of nitrogens with zero attached hydrogens (tertiary/aromatic N) is 1. The standard InChI is InChI=1S/C20H25N3O/c1-15-6-5-7-16(14-15)20(24)22-19-9-4-3-8-18(19)21-17-10-12-23(2)13-11-17/h3-9,14,17,21H,10-13H2,1-2H3,(H,22,24). The van der Waals surface area contributed by atoms with E-state index in [4.69, 9.17) is 0 Å². The molecule has 0 radical (unpaired) electrons. The first-order valence-electron chi connectivity index (χ1n) is 8.54. The molecule has 1 aliphatic heterocycles. The van der Waals surface area contributed by atoms with Crippen molar-refractivity contribution in [2.24, 2.45) is 0 Å². The quantitative estimate of drug-likeness (QED) is 0.900. The van der Waals surface area contributed by atoms with Crippen LogP contribution in [0, 0.1) is 6.92 Å². The number of amides is 1. The maximum Gasteiger partial charge on any atom is 0.255 e. The van der Waals surface area contributed by atoms with E-state index in [1.165, 1.54) is 0 Å². The molecule has 4 nitrogen and oxygen atoms in total. The molecule has 0 saturated carbocycles. The van der Waals surface area contributed by atoms with Crippen LogP contribution in [0.1, 0.15) is 28.8 Å². The highest BCUT2D eigenvalue weighted by atomic mass is 16.1. The van der Waals surface area contributed by atoms with Gasteiger partial charge >= 0.3 is 0 Å². The number of rotatable bonds is 4. The third-order valence-electron chi connectivity index (χ3n) is 4.53. The van der Waals surface area contributed by atoms with Gasteiger partial charge in [0.25, 0.3) is 5.91 Å². The molecule has 0 bridgehead atoms. The maximum absolute atomic E-state index is 12.5. The van der Waals surface area contributed by atoms with Crippen LogP contribution in [-0.2, 0) is 0 Å². The van der Waals surface area contributed by atoms with Crippen molar-refractivity contribution < 1.29 is 4.79 Å². The Morgan fingerprint density at radius 3 is 2.46 bits per heavy atom. The third kappa shape index (κ3) is 4.15. The second kappa shape index (κ2) is 7.49. The van der Waals surface area contributed by atoms with Gasteiger partial charge in [0.05, 0.1) is 11.4 Å². The fraction of sp³-hybridized carbons (Fsp3) is 0.350. The van der Waals surface area contributed by atoms with Gasteiger partial charge in [0.1, 0.15) is 0 Å². The second-order valence-electron chi connectivity index (χ2n) is 6.59. The van der Waals surface area contributed by atoms with Gasteiger partial charge in [0, 0.05) is 11.6 Å². The second-order valence-corrected chi connectivity index (χ2v) is 6.59. The Morgan fingerprint density at radius 1 is 1.04 bits per heavy atom. The van der Waals surface area contributed by atoms with Crippen molar-refractivity contribution in [2.75, 3.05) is 30.8 Å². The van der Waals surface area contributed by atoms with Crippen LogP contribution in [-0.4, -0.2) is 37.0 Å². The Labute approximate surface area is 143 Å². The average Bonchev–Trinajstić information content (AvgIpc) is 2.58. The molecule has 1 saturated heterocycles. The van der Waals surface area contributed by atoms with E-state index in [1.54, 1.807) is 0 Å². The summed E-state index contributed by atoms with van der Waals surface area (Å²) in [6, 6.07) is 16.0. The van der Waals surface area contributed by atoms with Crippen LogP contribution in [0.25, 0.3) is 0 Å². The molecule has 0 atom stereocenters. The molecule has 0 aromatic heterocycles. The highest BCUT2D eigenvalue weighted by Gasteiger charge is 2.17. The van der Waals surface area contributed by atoms with Gasteiger partial charge in [-0.1, -0.05) is 29.8 Å². The molecule has 2 aromatic rings. The number of nitrogens with one attached hydrogen (secondary N) is 2. The summed E-state index contributed by atoms with van der Waals surface area (Å²) >= 11 is 0. The van der Waals surface area contributed by atoms with E-state index in [0.717, 1.165) is 42.9 Å². The molecule has 3 rings (SSSR count). The number of likely N-dealkylation sites (tertiary alicyclic amines) is 1. The first-order chi connectivity index (χ1) is 11.6. The number of aryl methyl sites for hydroxylation is 1. The van der Waals surface area contributed by atoms with Crippen LogP contribution in [0.3, 0.4) is 0 Å². The summed E-state index contributed by atoms with van der Waals surface area (Å²) in [4.78, 5) is 14.9. The minimum Gasteiger partial charge on any atom is -0.381 e. The molecule has 126 valence electrons. The van der Waals surface area contributed by atoms with Crippen molar-refractivity contribution in [2.45, 2.75) is 25.8 Å². The van der Waals surface area contributed by atoms with Gasteiger partial charge in [-0.25, -0.2) is 0 Å². The molecule has 0 spiro atoms. The van der Waals surface area contributed by atoms with Crippen LogP contribution in [0.4, 0.5) is 11.4 Å². The molecule has 0 aliphatic carbocycles. The average molecular weight is 323 g/mol. The topological polar surface area (TPSA) is 44.4 Å². The van der Waals surface area contributed by atoms with Crippen molar-refractivity contribution in [3.05, 3.63) is 59.7 Å². The van der Waals surface area contributed by atoms with Gasteiger partial charge in [-0.3, -0.25) is 4.79 Å². The largest absolute Gasteiger partial charge is 0.381 e. The van der Waals surface area contributed by atoms with E-state index in [2.05, 4.69) is 22.6 Å². The fourth-order valence-corrected chi connectivity index (χ4v) is 3.07. The van der Waals surface area contributed by atoms with E-state index < -0.39 is 0 Å². The van der Waals surface area contributed by atoms with Crippen LogP contribution < -0.4 is 10.6 Å². The summed E-state index contributed by atoms with van der Waals surface area (Å²) in [6.07, 6.45) is 2.24. The molecule has 0 unspecified atom stereocenters. The number of hydrogen-bond donors (Lipinski definition) is 2. The minimum absolute atomic E-state index is 0.0728. The lowest BCUT2D eigenvalue weighted by atomic mass is 10.0. The van der Waals surface area contributed by atoms with Crippen LogP contribution in [0.15, 0.2) is 48.5 Å². The highest BCUT2D eigenvalue weighted by Crippen LogP contribution is 2.25. The molecule has 1 aliphatic rings. The third-order valence-corrected chi connectivity index (χ3v) is 4.53. The van der Waals surface area contributed by atoms with Gasteiger partial charge < -0.3 is 15.5 Å². The molecular weight excluding hydrogens is 298 g/mol. The lowest BCUT2D eigenvalue weighted by Gasteiger charge is -2.30. The van der Waals surface area contributed by atoms with E-state index in [9.17, 15) is 4.79 Å². The van der Waals surface area contributed by atoms with Gasteiger partial charge in [0.2, 0.25) is 0 Å². The van der Waals surface area contributed by atoms with Crippen LogP contribution >= 0.6 is 0 Å². The lowest BCUT2D eigenvalue weighted by molar-refractivity contribution is 0.102. The number of carbonyl (C=O) groups is 1. The van der Waals surface area contributed by atoms with E-state index in [0.29, 0.717) is 11.6 Å². The first-order valence-corrected chi connectivity index (χ1v) is 8.54. The van der Waals surface area contributed by atoms with Gasteiger partial charge in [-0.05, 0) is 64.2 Å². The summed E-state index contributed by atoms with van der Waals surface area (Å²) in [6.45, 7) is 4.21. The summed E-state index contributed by atoms with van der Waals surface area (Å²) < 4.78 is 0. The zero-order valence-corrected chi connectivity index (χ0v) is 14.4. The number of benzene rings is 2. The number of hydrogen-bond acceptors (Lipinski definition) is 3. The SMILES string of the molecule is Cc1cccc(C(=O)Nc2ccccc2NC2CCN(C)CC2)c1. The smallest absolute Gasteiger partial charge is 0.255 e. The van der Waals surface area contributed by atoms with Crippen molar-refractivity contribution >= 4 is 17.3 Å². The Balaban J connectivity index is 1.71. The number of para-hydroxylation sites is 2. The normalized spacial score (nSPS) is 15.9. The summed E-state index contributed by atoms with van der Waals surface area (Å²) in [7, 11) is 2.16. The molecule has 2 aromatic carbocycles. The van der Waals surface area contributed by atoms with Crippen LogP contribution in [0.5, 0.6) is 0 Å². The van der Waals surface area contributed by atoms with E-state index in [1.807, 2.05) is 55.5 Å². The van der Waals surface area contributed by atoms with Gasteiger partial charge in [-0.15, -0.1) is 0 Å². The summed E-state index contributed by atoms with van der Waals surface area (Å²) in [5.41, 5.74) is 3.60. The molecule has 1 fully saturated rings. The van der Waals surface area contributed by atoms with E-state index >= 15 is 0 Å². The summed E-state index contributed by atoms with van der Waals surface area (Å²) in [5, 5.41) is 6.64. The maximum atomic E-state index is 12.5. The first kappa shape index (κ1) is 16.5. The number of carbonyl (C=O) groups excluding carboxylic acids is 1. The van der Waals surface area contributed by atoms with Crippen LogP contribution in [0.2, 0.25) is 0 Å². The molecule has 24 heavy (non-hydrogen) atoms. The van der Waals surface area contributed by atoms with Gasteiger partial charge in [0.15, 0.2) is 0 Å².